The minimum atomic E-state index is -4.66. The van der Waals surface area contributed by atoms with Crippen LogP contribution in [0.25, 0.3) is 5.65 Å². The molecule has 0 saturated heterocycles. The zero-order chi connectivity index (χ0) is 17.4. The van der Waals surface area contributed by atoms with Gasteiger partial charge in [-0.15, -0.1) is 15.3 Å². The van der Waals surface area contributed by atoms with Crippen molar-refractivity contribution in [2.75, 3.05) is 19.0 Å². The number of anilines is 1. The van der Waals surface area contributed by atoms with E-state index in [1.807, 2.05) is 0 Å². The van der Waals surface area contributed by atoms with Crippen LogP contribution in [0.3, 0.4) is 0 Å². The van der Waals surface area contributed by atoms with Crippen molar-refractivity contribution in [2.24, 2.45) is 5.92 Å². The maximum atomic E-state index is 12.9. The third kappa shape index (κ3) is 3.20. The molecule has 1 atom stereocenters. The van der Waals surface area contributed by atoms with Gasteiger partial charge in [-0.2, -0.15) is 17.7 Å². The van der Waals surface area contributed by atoms with Crippen LogP contribution in [0.5, 0.6) is 0 Å². The maximum Gasteiger partial charge on any atom is 0.453 e. The van der Waals surface area contributed by atoms with Crippen LogP contribution in [0.1, 0.15) is 23.9 Å². The summed E-state index contributed by atoms with van der Waals surface area (Å²) < 4.78 is 44.1. The SMILES string of the molecule is COC(=O)[C@@H](C)CNc1nn2c(C(F)(F)F)nnc2c(C)c1C. The maximum absolute atomic E-state index is 12.9. The number of rotatable bonds is 4. The van der Waals surface area contributed by atoms with E-state index in [1.54, 1.807) is 20.8 Å². The number of fused-ring (bicyclic) bond motifs is 1. The van der Waals surface area contributed by atoms with Gasteiger partial charge in [0.2, 0.25) is 0 Å². The van der Waals surface area contributed by atoms with Crippen LogP contribution in [0.2, 0.25) is 0 Å². The van der Waals surface area contributed by atoms with Gasteiger partial charge in [0.05, 0.1) is 13.0 Å². The Morgan fingerprint density at radius 3 is 2.52 bits per heavy atom. The molecule has 1 N–H and O–H groups in total. The number of nitrogens with zero attached hydrogens (tertiary/aromatic N) is 4. The summed E-state index contributed by atoms with van der Waals surface area (Å²) in [5.74, 6) is -1.86. The molecule has 10 heteroatoms. The number of esters is 1. The first-order valence-electron chi connectivity index (χ1n) is 6.78. The molecule has 2 aromatic rings. The van der Waals surface area contributed by atoms with Crippen LogP contribution < -0.4 is 5.32 Å². The largest absolute Gasteiger partial charge is 0.469 e. The fraction of sp³-hybridized carbons (Fsp3) is 0.538. The number of carbonyl (C=O) groups is 1. The van der Waals surface area contributed by atoms with Gasteiger partial charge in [0.15, 0.2) is 5.65 Å². The lowest BCUT2D eigenvalue weighted by Gasteiger charge is -2.14. The average Bonchev–Trinajstić information content (AvgIpc) is 2.92. The highest BCUT2D eigenvalue weighted by Gasteiger charge is 2.38. The molecule has 2 aromatic heterocycles. The summed E-state index contributed by atoms with van der Waals surface area (Å²) in [6, 6.07) is 0. The molecular formula is C13H16F3N5O2. The van der Waals surface area contributed by atoms with Crippen molar-refractivity contribution in [1.82, 2.24) is 19.8 Å². The summed E-state index contributed by atoms with van der Waals surface area (Å²) in [5.41, 5.74) is 1.20. The van der Waals surface area contributed by atoms with Crippen molar-refractivity contribution in [3.8, 4) is 0 Å². The van der Waals surface area contributed by atoms with Crippen molar-refractivity contribution in [3.63, 3.8) is 0 Å². The molecule has 0 fully saturated rings. The third-order valence-electron chi connectivity index (χ3n) is 3.53. The van der Waals surface area contributed by atoms with Crippen LogP contribution in [-0.2, 0) is 15.7 Å². The number of aromatic nitrogens is 4. The quantitative estimate of drug-likeness (QED) is 0.863. The van der Waals surface area contributed by atoms with Gasteiger partial charge in [-0.25, -0.2) is 0 Å². The molecule has 0 saturated carbocycles. The number of hydrogen-bond donors (Lipinski definition) is 1. The van der Waals surface area contributed by atoms with Gasteiger partial charge < -0.3 is 10.1 Å². The number of halogens is 3. The van der Waals surface area contributed by atoms with Crippen molar-refractivity contribution in [3.05, 3.63) is 17.0 Å². The number of ether oxygens (including phenoxy) is 1. The van der Waals surface area contributed by atoms with E-state index in [2.05, 4.69) is 25.3 Å². The molecule has 7 nitrogen and oxygen atoms in total. The second-order valence-electron chi connectivity index (χ2n) is 5.16. The van der Waals surface area contributed by atoms with Gasteiger partial charge in [0.25, 0.3) is 5.82 Å². The fourth-order valence-electron chi connectivity index (χ4n) is 2.01. The summed E-state index contributed by atoms with van der Waals surface area (Å²) in [6.07, 6.45) is -4.66. The highest BCUT2D eigenvalue weighted by atomic mass is 19.4. The lowest BCUT2D eigenvalue weighted by atomic mass is 10.1. The number of aryl methyl sites for hydroxylation is 1. The van der Waals surface area contributed by atoms with Crippen molar-refractivity contribution >= 4 is 17.4 Å². The average molecular weight is 331 g/mol. The summed E-state index contributed by atoms with van der Waals surface area (Å²) in [6.45, 7) is 5.15. The summed E-state index contributed by atoms with van der Waals surface area (Å²) in [5, 5.41) is 13.5. The number of carbonyl (C=O) groups excluding carboxylic acids is 1. The Kier molecular flexibility index (Phi) is 4.44. The second-order valence-corrected chi connectivity index (χ2v) is 5.16. The first kappa shape index (κ1) is 17.0. The molecule has 0 aromatic carbocycles. The van der Waals surface area contributed by atoms with Crippen LogP contribution in [0.4, 0.5) is 19.0 Å². The highest BCUT2D eigenvalue weighted by Crippen LogP contribution is 2.29. The standard InChI is InChI=1S/C13H16F3N5O2/c1-6(11(22)23-4)5-17-9-7(2)8(3)10-18-19-12(13(14,15)16)21(10)20-9/h6H,5H2,1-4H3,(H,17,20)/t6-/m0/s1. The van der Waals surface area contributed by atoms with Gasteiger partial charge >= 0.3 is 12.1 Å². The minimum Gasteiger partial charge on any atom is -0.469 e. The van der Waals surface area contributed by atoms with E-state index >= 15 is 0 Å². The predicted octanol–water partition coefficient (Wildman–Crippen LogP) is 1.98. The van der Waals surface area contributed by atoms with E-state index in [9.17, 15) is 18.0 Å². The smallest absolute Gasteiger partial charge is 0.453 e. The molecule has 0 bridgehead atoms. The summed E-state index contributed by atoms with van der Waals surface area (Å²) in [7, 11) is 1.27. The molecule has 0 radical (unpaired) electrons. The zero-order valence-electron chi connectivity index (χ0n) is 13.0. The van der Waals surface area contributed by atoms with Crippen LogP contribution in [0, 0.1) is 19.8 Å². The molecule has 0 spiro atoms. The van der Waals surface area contributed by atoms with Crippen molar-refractivity contribution in [2.45, 2.75) is 26.9 Å². The van der Waals surface area contributed by atoms with Crippen molar-refractivity contribution in [1.29, 1.82) is 0 Å². The van der Waals surface area contributed by atoms with E-state index in [-0.39, 0.29) is 18.0 Å². The van der Waals surface area contributed by atoms with Gasteiger partial charge in [-0.1, -0.05) is 6.92 Å². The molecular weight excluding hydrogens is 315 g/mol. The molecule has 126 valence electrons. The molecule has 0 aliphatic rings. The van der Waals surface area contributed by atoms with Gasteiger partial charge in [0.1, 0.15) is 5.82 Å². The Morgan fingerprint density at radius 1 is 1.30 bits per heavy atom. The van der Waals surface area contributed by atoms with Gasteiger partial charge in [-0.3, -0.25) is 4.79 Å². The molecule has 0 aliphatic carbocycles. The van der Waals surface area contributed by atoms with E-state index in [4.69, 9.17) is 0 Å². The Balaban J connectivity index is 2.40. The summed E-state index contributed by atoms with van der Waals surface area (Å²) >= 11 is 0. The Hall–Kier alpha value is -2.39. The number of hydrogen-bond acceptors (Lipinski definition) is 6. The molecule has 0 aliphatic heterocycles. The molecule has 0 amide bonds. The molecule has 2 heterocycles. The summed E-state index contributed by atoms with van der Waals surface area (Å²) in [4.78, 5) is 11.4. The molecule has 2 rings (SSSR count). The van der Waals surface area contributed by atoms with E-state index in [0.717, 1.165) is 0 Å². The Labute approximate surface area is 129 Å². The Bertz CT molecular complexity index is 741. The lowest BCUT2D eigenvalue weighted by molar-refractivity contribution is -0.146. The van der Waals surface area contributed by atoms with Crippen LogP contribution in [0.15, 0.2) is 0 Å². The van der Waals surface area contributed by atoms with E-state index in [1.165, 1.54) is 7.11 Å². The third-order valence-corrected chi connectivity index (χ3v) is 3.53. The molecule has 0 unspecified atom stereocenters. The van der Waals surface area contributed by atoms with Crippen LogP contribution in [-0.4, -0.2) is 39.4 Å². The number of alkyl halides is 3. The second kappa shape index (κ2) is 6.01. The first-order chi connectivity index (χ1) is 10.7. The predicted molar refractivity (Wildman–Crippen MR) is 74.9 cm³/mol. The molecule has 23 heavy (non-hydrogen) atoms. The van der Waals surface area contributed by atoms with E-state index < -0.39 is 23.9 Å². The van der Waals surface area contributed by atoms with Crippen LogP contribution >= 0.6 is 0 Å². The first-order valence-corrected chi connectivity index (χ1v) is 6.78. The topological polar surface area (TPSA) is 81.4 Å². The zero-order valence-corrected chi connectivity index (χ0v) is 13.0. The van der Waals surface area contributed by atoms with Gasteiger partial charge in [-0.05, 0) is 19.4 Å². The Morgan fingerprint density at radius 2 is 1.96 bits per heavy atom. The van der Waals surface area contributed by atoms with Gasteiger partial charge in [0, 0.05) is 12.1 Å². The number of methoxy groups -OCH3 is 1. The lowest BCUT2D eigenvalue weighted by Crippen LogP contribution is -2.23. The fourth-order valence-corrected chi connectivity index (χ4v) is 2.01. The normalized spacial score (nSPS) is 13.2. The highest BCUT2D eigenvalue weighted by molar-refractivity contribution is 5.72. The minimum absolute atomic E-state index is 0.0430. The number of nitrogens with one attached hydrogen (secondary N) is 1. The van der Waals surface area contributed by atoms with Crippen molar-refractivity contribution < 1.29 is 22.7 Å². The van der Waals surface area contributed by atoms with E-state index in [0.29, 0.717) is 15.6 Å². The monoisotopic (exact) mass is 331 g/mol.